The van der Waals surface area contributed by atoms with Gasteiger partial charge in [0.05, 0.1) is 4.88 Å². The zero-order valence-corrected chi connectivity index (χ0v) is 12.4. The van der Waals surface area contributed by atoms with Crippen molar-refractivity contribution in [1.29, 1.82) is 0 Å². The molecule has 0 aliphatic heterocycles. The van der Waals surface area contributed by atoms with E-state index in [0.29, 0.717) is 18.0 Å². The maximum absolute atomic E-state index is 11.6. The molecule has 2 rings (SSSR count). The molecular weight excluding hydrogens is 288 g/mol. The highest BCUT2D eigenvalue weighted by atomic mass is 32.1. The van der Waals surface area contributed by atoms with Gasteiger partial charge in [0.25, 0.3) is 5.91 Å². The van der Waals surface area contributed by atoms with Gasteiger partial charge in [-0.25, -0.2) is 4.98 Å². The van der Waals surface area contributed by atoms with Crippen LogP contribution in [0.2, 0.25) is 0 Å². The number of rotatable bonds is 8. The molecule has 21 heavy (non-hydrogen) atoms. The Morgan fingerprint density at radius 2 is 2.19 bits per heavy atom. The zero-order valence-electron chi connectivity index (χ0n) is 11.6. The number of aromatic amines is 1. The normalized spacial score (nSPS) is 10.3. The molecule has 0 bridgehead atoms. The minimum atomic E-state index is -0.129. The molecule has 7 heteroatoms. The average Bonchev–Trinajstić information content (AvgIpc) is 3.16. The van der Waals surface area contributed by atoms with E-state index in [1.165, 1.54) is 11.3 Å². The summed E-state index contributed by atoms with van der Waals surface area (Å²) in [5.41, 5.74) is 0. The van der Waals surface area contributed by atoms with Crippen LogP contribution in [0.4, 0.5) is 0 Å². The molecule has 6 nitrogen and oxygen atoms in total. The molecule has 0 saturated heterocycles. The molecular formula is C14H18N4O2S. The van der Waals surface area contributed by atoms with Crippen LogP contribution in [0.25, 0.3) is 0 Å². The molecule has 2 heterocycles. The Kier molecular flexibility index (Phi) is 5.96. The number of carbonyl (C=O) groups is 2. The fourth-order valence-electron chi connectivity index (χ4n) is 1.79. The predicted molar refractivity (Wildman–Crippen MR) is 81.2 cm³/mol. The Bertz CT molecular complexity index is 552. The van der Waals surface area contributed by atoms with Crippen molar-refractivity contribution in [2.45, 2.75) is 19.3 Å². The molecule has 2 aromatic rings. The quantitative estimate of drug-likeness (QED) is 0.643. The Hall–Kier alpha value is -2.15. The van der Waals surface area contributed by atoms with E-state index in [1.807, 2.05) is 11.4 Å². The molecule has 0 aliphatic rings. The summed E-state index contributed by atoms with van der Waals surface area (Å²) in [6.45, 7) is 0.957. The molecule has 0 fully saturated rings. The smallest absolute Gasteiger partial charge is 0.261 e. The van der Waals surface area contributed by atoms with Crippen molar-refractivity contribution < 1.29 is 9.59 Å². The van der Waals surface area contributed by atoms with Gasteiger partial charge in [-0.1, -0.05) is 6.07 Å². The van der Waals surface area contributed by atoms with Gasteiger partial charge in [0.1, 0.15) is 5.82 Å². The summed E-state index contributed by atoms with van der Waals surface area (Å²) in [6.07, 6.45) is 5.43. The van der Waals surface area contributed by atoms with Crippen molar-refractivity contribution in [3.63, 3.8) is 0 Å². The third-order valence-electron chi connectivity index (χ3n) is 2.85. The summed E-state index contributed by atoms with van der Waals surface area (Å²) in [6, 6.07) is 3.58. The van der Waals surface area contributed by atoms with E-state index < -0.39 is 0 Å². The van der Waals surface area contributed by atoms with Crippen LogP contribution in [-0.4, -0.2) is 34.9 Å². The van der Waals surface area contributed by atoms with Crippen LogP contribution in [-0.2, 0) is 11.2 Å². The first-order valence-corrected chi connectivity index (χ1v) is 7.70. The van der Waals surface area contributed by atoms with Crippen LogP contribution < -0.4 is 10.6 Å². The summed E-state index contributed by atoms with van der Waals surface area (Å²) in [5.74, 6) is 0.740. The lowest BCUT2D eigenvalue weighted by atomic mass is 10.3. The molecule has 2 aromatic heterocycles. The van der Waals surface area contributed by atoms with E-state index in [2.05, 4.69) is 20.6 Å². The Balaban J connectivity index is 1.52. The summed E-state index contributed by atoms with van der Waals surface area (Å²) < 4.78 is 0. The molecule has 112 valence electrons. The largest absolute Gasteiger partial charge is 0.356 e. The predicted octanol–water partition coefficient (Wildman–Crippen LogP) is 1.34. The van der Waals surface area contributed by atoms with Crippen molar-refractivity contribution in [3.05, 3.63) is 40.6 Å². The second kappa shape index (κ2) is 8.21. The molecule has 2 amide bonds. The minimum absolute atomic E-state index is 0.0547. The first-order chi connectivity index (χ1) is 10.3. The number of amides is 2. The number of hydrogen-bond donors (Lipinski definition) is 3. The molecule has 0 atom stereocenters. The SMILES string of the molecule is O=C(CCNC(=O)c1cccs1)NCCCc1ncc[nH]1. The summed E-state index contributed by atoms with van der Waals surface area (Å²) in [7, 11) is 0. The minimum Gasteiger partial charge on any atom is -0.356 e. The maximum atomic E-state index is 11.6. The highest BCUT2D eigenvalue weighted by molar-refractivity contribution is 7.12. The van der Waals surface area contributed by atoms with Gasteiger partial charge >= 0.3 is 0 Å². The topological polar surface area (TPSA) is 86.9 Å². The lowest BCUT2D eigenvalue weighted by Crippen LogP contribution is -2.31. The molecule has 0 saturated carbocycles. The first kappa shape index (κ1) is 15.2. The Morgan fingerprint density at radius 1 is 1.29 bits per heavy atom. The number of aromatic nitrogens is 2. The summed E-state index contributed by atoms with van der Waals surface area (Å²) in [5, 5.41) is 7.40. The van der Waals surface area contributed by atoms with Gasteiger partial charge in [0.2, 0.25) is 5.91 Å². The highest BCUT2D eigenvalue weighted by Gasteiger charge is 2.07. The molecule has 0 aromatic carbocycles. The van der Waals surface area contributed by atoms with Gasteiger partial charge in [-0.2, -0.15) is 0 Å². The number of aryl methyl sites for hydroxylation is 1. The van der Waals surface area contributed by atoms with E-state index >= 15 is 0 Å². The van der Waals surface area contributed by atoms with E-state index in [4.69, 9.17) is 0 Å². The monoisotopic (exact) mass is 306 g/mol. The number of nitrogens with zero attached hydrogens (tertiary/aromatic N) is 1. The van der Waals surface area contributed by atoms with E-state index in [1.54, 1.807) is 18.5 Å². The van der Waals surface area contributed by atoms with Crippen molar-refractivity contribution >= 4 is 23.2 Å². The standard InChI is InChI=1S/C14H18N4O2S/c19-13(17-6-1-4-12-15-8-9-16-12)5-7-18-14(20)11-3-2-10-21-11/h2-3,8-10H,1,4-7H2,(H,15,16)(H,17,19)(H,18,20). The zero-order chi connectivity index (χ0) is 14.9. The molecule has 3 N–H and O–H groups in total. The fraction of sp³-hybridized carbons (Fsp3) is 0.357. The van der Waals surface area contributed by atoms with Crippen LogP contribution in [0.1, 0.15) is 28.3 Å². The number of imidazole rings is 1. The van der Waals surface area contributed by atoms with Gasteiger partial charge in [-0.05, 0) is 17.9 Å². The van der Waals surface area contributed by atoms with Crippen molar-refractivity contribution in [2.24, 2.45) is 0 Å². The Morgan fingerprint density at radius 3 is 2.90 bits per heavy atom. The van der Waals surface area contributed by atoms with E-state index in [9.17, 15) is 9.59 Å². The first-order valence-electron chi connectivity index (χ1n) is 6.82. The number of hydrogen-bond acceptors (Lipinski definition) is 4. The van der Waals surface area contributed by atoms with Gasteiger partial charge < -0.3 is 15.6 Å². The second-order valence-corrected chi connectivity index (χ2v) is 5.42. The summed E-state index contributed by atoms with van der Waals surface area (Å²) in [4.78, 5) is 31.0. The molecule has 0 aliphatic carbocycles. The van der Waals surface area contributed by atoms with E-state index in [-0.39, 0.29) is 18.2 Å². The van der Waals surface area contributed by atoms with Crippen molar-refractivity contribution in [1.82, 2.24) is 20.6 Å². The maximum Gasteiger partial charge on any atom is 0.261 e. The van der Waals surface area contributed by atoms with Crippen molar-refractivity contribution in [3.8, 4) is 0 Å². The average molecular weight is 306 g/mol. The molecule has 0 spiro atoms. The fourth-order valence-corrected chi connectivity index (χ4v) is 2.43. The third kappa shape index (κ3) is 5.39. The van der Waals surface area contributed by atoms with Gasteiger partial charge in [-0.15, -0.1) is 11.3 Å². The van der Waals surface area contributed by atoms with Gasteiger partial charge in [0, 0.05) is 38.3 Å². The van der Waals surface area contributed by atoms with Crippen molar-refractivity contribution in [2.75, 3.05) is 13.1 Å². The second-order valence-electron chi connectivity index (χ2n) is 4.47. The van der Waals surface area contributed by atoms with Crippen LogP contribution in [0.5, 0.6) is 0 Å². The van der Waals surface area contributed by atoms with Crippen LogP contribution in [0.3, 0.4) is 0 Å². The number of H-pyrrole nitrogens is 1. The number of carbonyl (C=O) groups excluding carboxylic acids is 2. The number of nitrogens with one attached hydrogen (secondary N) is 3. The molecule has 0 radical (unpaired) electrons. The third-order valence-corrected chi connectivity index (χ3v) is 3.72. The Labute approximate surface area is 127 Å². The van der Waals surface area contributed by atoms with Crippen LogP contribution >= 0.6 is 11.3 Å². The van der Waals surface area contributed by atoms with Gasteiger partial charge in [0.15, 0.2) is 0 Å². The van der Waals surface area contributed by atoms with Crippen LogP contribution in [0, 0.1) is 0 Å². The molecule has 0 unspecified atom stereocenters. The van der Waals surface area contributed by atoms with Gasteiger partial charge in [-0.3, -0.25) is 9.59 Å². The van der Waals surface area contributed by atoms with Crippen LogP contribution in [0.15, 0.2) is 29.9 Å². The lowest BCUT2D eigenvalue weighted by molar-refractivity contribution is -0.120. The van der Waals surface area contributed by atoms with E-state index in [0.717, 1.165) is 18.7 Å². The highest BCUT2D eigenvalue weighted by Crippen LogP contribution is 2.07. The number of thiophene rings is 1. The summed E-state index contributed by atoms with van der Waals surface area (Å²) >= 11 is 1.38. The lowest BCUT2D eigenvalue weighted by Gasteiger charge is -2.05.